The maximum Gasteiger partial charge on any atom is 0.356 e. The van der Waals surface area contributed by atoms with Crippen molar-refractivity contribution in [2.45, 2.75) is 32.0 Å². The lowest BCUT2D eigenvalue weighted by Gasteiger charge is -2.37. The van der Waals surface area contributed by atoms with Crippen LogP contribution in [0, 0.1) is 0 Å². The number of aromatic amines is 1. The number of aromatic carboxylic acids is 1. The Balaban J connectivity index is 1.53. The summed E-state index contributed by atoms with van der Waals surface area (Å²) in [6, 6.07) is 8.05. The van der Waals surface area contributed by atoms with Crippen molar-refractivity contribution in [3.8, 4) is 0 Å². The fourth-order valence-corrected chi connectivity index (χ4v) is 3.82. The van der Waals surface area contributed by atoms with Crippen LogP contribution < -0.4 is 0 Å². The average molecular weight is 340 g/mol. The summed E-state index contributed by atoms with van der Waals surface area (Å²) >= 11 is 0. The van der Waals surface area contributed by atoms with Crippen LogP contribution in [0.4, 0.5) is 0 Å². The predicted molar refractivity (Wildman–Crippen MR) is 90.1 cm³/mol. The Kier molecular flexibility index (Phi) is 3.80. The second-order valence-electron chi connectivity index (χ2n) is 6.75. The fourth-order valence-electron chi connectivity index (χ4n) is 3.82. The number of H-pyrrole nitrogens is 1. The summed E-state index contributed by atoms with van der Waals surface area (Å²) in [5.74, 6) is -0.935. The van der Waals surface area contributed by atoms with Gasteiger partial charge in [0.15, 0.2) is 5.69 Å². The van der Waals surface area contributed by atoms with Gasteiger partial charge in [0.05, 0.1) is 18.3 Å². The monoisotopic (exact) mass is 340 g/mol. The number of hydrogen-bond acceptors (Lipinski definition) is 4. The van der Waals surface area contributed by atoms with Crippen molar-refractivity contribution >= 4 is 11.9 Å². The first-order valence-corrected chi connectivity index (χ1v) is 8.40. The standard InChI is InChI=1S/C18H20N4O3/c1-21-9-12-5-3-2-4-11(12)8-15(21)17(23)22-7-6-13-14(10-22)19-20-16(13)18(24)25/h2-5,15H,6-10H2,1H3,(H,19,20)(H,24,25). The normalized spacial score (nSPS) is 20.0. The molecule has 0 bridgehead atoms. The smallest absolute Gasteiger partial charge is 0.356 e. The lowest BCUT2D eigenvalue weighted by Crippen LogP contribution is -2.51. The number of likely N-dealkylation sites (N-methyl/N-ethyl adjacent to an activating group) is 1. The van der Waals surface area contributed by atoms with Crippen LogP contribution >= 0.6 is 0 Å². The molecule has 0 aliphatic carbocycles. The van der Waals surface area contributed by atoms with E-state index in [0.717, 1.165) is 17.8 Å². The Morgan fingerprint density at radius 3 is 2.76 bits per heavy atom. The summed E-state index contributed by atoms with van der Waals surface area (Å²) in [6.45, 7) is 1.68. The first-order chi connectivity index (χ1) is 12.0. The van der Waals surface area contributed by atoms with E-state index in [2.05, 4.69) is 27.2 Å². The number of carbonyl (C=O) groups is 2. The van der Waals surface area contributed by atoms with Crippen molar-refractivity contribution in [2.24, 2.45) is 0 Å². The highest BCUT2D eigenvalue weighted by Gasteiger charge is 2.34. The van der Waals surface area contributed by atoms with Gasteiger partial charge in [-0.1, -0.05) is 24.3 Å². The molecule has 2 N–H and O–H groups in total. The number of nitrogens with one attached hydrogen (secondary N) is 1. The summed E-state index contributed by atoms with van der Waals surface area (Å²) in [7, 11) is 1.98. The topological polar surface area (TPSA) is 89.5 Å². The lowest BCUT2D eigenvalue weighted by atomic mass is 9.93. The van der Waals surface area contributed by atoms with Gasteiger partial charge in [0, 0.05) is 18.7 Å². The number of carboxylic acids is 1. The van der Waals surface area contributed by atoms with Gasteiger partial charge in [0.2, 0.25) is 5.91 Å². The van der Waals surface area contributed by atoms with Crippen molar-refractivity contribution in [1.82, 2.24) is 20.0 Å². The summed E-state index contributed by atoms with van der Waals surface area (Å²) in [4.78, 5) is 28.1. The third-order valence-corrected chi connectivity index (χ3v) is 5.22. The highest BCUT2D eigenvalue weighted by molar-refractivity contribution is 5.88. The first kappa shape index (κ1) is 15.8. The number of aromatic nitrogens is 2. The van der Waals surface area contributed by atoms with Crippen LogP contribution in [0.5, 0.6) is 0 Å². The van der Waals surface area contributed by atoms with Crippen LogP contribution in [0.15, 0.2) is 24.3 Å². The molecule has 4 rings (SSSR count). The van der Waals surface area contributed by atoms with Crippen molar-refractivity contribution in [1.29, 1.82) is 0 Å². The molecule has 7 nitrogen and oxygen atoms in total. The third-order valence-electron chi connectivity index (χ3n) is 5.22. The second kappa shape index (κ2) is 6.00. The Morgan fingerprint density at radius 1 is 1.24 bits per heavy atom. The summed E-state index contributed by atoms with van der Waals surface area (Å²) in [5, 5.41) is 15.8. The Hall–Kier alpha value is -2.67. The third kappa shape index (κ3) is 2.70. The van der Waals surface area contributed by atoms with Gasteiger partial charge in [0.25, 0.3) is 0 Å². The number of hydrogen-bond donors (Lipinski definition) is 2. The van der Waals surface area contributed by atoms with Gasteiger partial charge in [0.1, 0.15) is 0 Å². The van der Waals surface area contributed by atoms with Gasteiger partial charge < -0.3 is 10.0 Å². The highest BCUT2D eigenvalue weighted by atomic mass is 16.4. The molecule has 0 saturated heterocycles. The predicted octanol–water partition coefficient (Wildman–Crippen LogP) is 1.05. The van der Waals surface area contributed by atoms with E-state index in [-0.39, 0.29) is 17.6 Å². The molecule has 2 aliphatic heterocycles. The quantitative estimate of drug-likeness (QED) is 0.853. The maximum atomic E-state index is 13.1. The van der Waals surface area contributed by atoms with Crippen LogP contribution in [0.25, 0.3) is 0 Å². The van der Waals surface area contributed by atoms with Crippen molar-refractivity contribution in [3.05, 3.63) is 52.3 Å². The number of fused-ring (bicyclic) bond motifs is 2. The van der Waals surface area contributed by atoms with E-state index in [1.807, 2.05) is 19.2 Å². The second-order valence-corrected chi connectivity index (χ2v) is 6.75. The minimum Gasteiger partial charge on any atom is -0.476 e. The van der Waals surface area contributed by atoms with Gasteiger partial charge in [-0.15, -0.1) is 0 Å². The van der Waals surface area contributed by atoms with Gasteiger partial charge in [-0.3, -0.25) is 14.8 Å². The number of amides is 1. The average Bonchev–Trinajstić information content (AvgIpc) is 3.04. The Morgan fingerprint density at radius 2 is 2.00 bits per heavy atom. The molecule has 1 aromatic carbocycles. The molecule has 130 valence electrons. The van der Waals surface area contributed by atoms with Crippen molar-refractivity contribution < 1.29 is 14.7 Å². The molecule has 2 aliphatic rings. The van der Waals surface area contributed by atoms with Gasteiger partial charge in [-0.2, -0.15) is 5.10 Å². The van der Waals surface area contributed by atoms with E-state index in [9.17, 15) is 9.59 Å². The Bertz CT molecular complexity index is 845. The summed E-state index contributed by atoms with van der Waals surface area (Å²) in [5.41, 5.74) is 4.03. The van der Waals surface area contributed by atoms with E-state index in [1.54, 1.807) is 4.90 Å². The Labute approximate surface area is 145 Å². The van der Waals surface area contributed by atoms with E-state index in [1.165, 1.54) is 11.1 Å². The van der Waals surface area contributed by atoms with Crippen LogP contribution in [-0.2, 0) is 30.7 Å². The van der Waals surface area contributed by atoms with Crippen molar-refractivity contribution in [2.75, 3.05) is 13.6 Å². The van der Waals surface area contributed by atoms with E-state index < -0.39 is 5.97 Å². The zero-order chi connectivity index (χ0) is 17.6. The number of benzene rings is 1. The molecule has 3 heterocycles. The van der Waals surface area contributed by atoms with Crippen LogP contribution in [0.1, 0.15) is 32.9 Å². The zero-order valence-electron chi connectivity index (χ0n) is 14.0. The van der Waals surface area contributed by atoms with Crippen LogP contribution in [0.2, 0.25) is 0 Å². The molecule has 2 aromatic rings. The van der Waals surface area contributed by atoms with Gasteiger partial charge in [-0.25, -0.2) is 4.79 Å². The molecule has 1 amide bonds. The SMILES string of the molecule is CN1Cc2ccccc2CC1C(=O)N1CCc2c(C(=O)O)n[nH]c2C1. The number of nitrogens with zero attached hydrogens (tertiary/aromatic N) is 3. The van der Waals surface area contributed by atoms with Gasteiger partial charge >= 0.3 is 5.97 Å². The van der Waals surface area contributed by atoms with E-state index in [4.69, 9.17) is 5.11 Å². The number of rotatable bonds is 2. The number of carbonyl (C=O) groups excluding carboxylic acids is 1. The first-order valence-electron chi connectivity index (χ1n) is 8.40. The molecule has 0 radical (unpaired) electrons. The molecule has 0 spiro atoms. The summed E-state index contributed by atoms with van der Waals surface area (Å²) in [6.07, 6.45) is 1.23. The molecular formula is C18H20N4O3. The lowest BCUT2D eigenvalue weighted by molar-refractivity contribution is -0.138. The summed E-state index contributed by atoms with van der Waals surface area (Å²) < 4.78 is 0. The molecule has 0 saturated carbocycles. The molecule has 25 heavy (non-hydrogen) atoms. The highest BCUT2D eigenvalue weighted by Crippen LogP contribution is 2.26. The maximum absolute atomic E-state index is 13.1. The largest absolute Gasteiger partial charge is 0.476 e. The van der Waals surface area contributed by atoms with E-state index >= 15 is 0 Å². The van der Waals surface area contributed by atoms with Crippen LogP contribution in [0.3, 0.4) is 0 Å². The van der Waals surface area contributed by atoms with Crippen LogP contribution in [-0.4, -0.2) is 56.6 Å². The van der Waals surface area contributed by atoms with E-state index in [0.29, 0.717) is 25.9 Å². The van der Waals surface area contributed by atoms with Crippen molar-refractivity contribution in [3.63, 3.8) is 0 Å². The number of carboxylic acid groups (broad SMARTS) is 1. The molecule has 0 fully saturated rings. The minimum atomic E-state index is -1.03. The minimum absolute atomic E-state index is 0.0748. The molecular weight excluding hydrogens is 320 g/mol. The molecule has 1 unspecified atom stereocenters. The molecule has 1 atom stereocenters. The van der Waals surface area contributed by atoms with Gasteiger partial charge in [-0.05, 0) is 31.0 Å². The fraction of sp³-hybridized carbons (Fsp3) is 0.389. The zero-order valence-corrected chi connectivity index (χ0v) is 14.0. The molecule has 7 heteroatoms. The molecule has 1 aromatic heterocycles.